The second-order valence-corrected chi connectivity index (χ2v) is 9.76. The number of carbonyl (C=O) groups is 1. The molecule has 3 N–H and O–H groups in total. The minimum atomic E-state index is -4.87. The van der Waals surface area contributed by atoms with Crippen molar-refractivity contribution in [2.45, 2.75) is 44.8 Å². The molecule has 1 aliphatic carbocycles. The summed E-state index contributed by atoms with van der Waals surface area (Å²) in [4.78, 5) is 13.4. The summed E-state index contributed by atoms with van der Waals surface area (Å²) in [6, 6.07) is 5.07. The number of phenols is 1. The van der Waals surface area contributed by atoms with Crippen LogP contribution in [0.4, 0.5) is 18.9 Å². The SMILES string of the molecule is Cc1ccc([C@H](NC2=NS(=O)N=C2Nc2ccc(C(F)(F)F)c(C(=O)N(C)C)c2O)C2CCCC2)o1. The first-order valence-corrected chi connectivity index (χ1v) is 12.4. The number of benzene rings is 1. The van der Waals surface area contributed by atoms with Gasteiger partial charge in [-0.15, -0.1) is 8.80 Å². The molecule has 4 rings (SSSR count). The number of alkyl halides is 3. The van der Waals surface area contributed by atoms with Gasteiger partial charge in [-0.1, -0.05) is 12.8 Å². The molecule has 2 aromatic rings. The van der Waals surface area contributed by atoms with Gasteiger partial charge in [0, 0.05) is 14.1 Å². The number of amides is 1. The van der Waals surface area contributed by atoms with Crippen LogP contribution in [0.5, 0.6) is 5.75 Å². The molecular weight excluding hydrogens is 499 g/mol. The number of nitrogens with one attached hydrogen (secondary N) is 2. The third-order valence-electron chi connectivity index (χ3n) is 6.15. The van der Waals surface area contributed by atoms with Gasteiger partial charge < -0.3 is 25.1 Å². The molecule has 0 radical (unpaired) electrons. The molecule has 13 heteroatoms. The molecule has 1 aliphatic heterocycles. The Morgan fingerprint density at radius 3 is 2.42 bits per heavy atom. The average Bonchev–Trinajstić information content (AvgIpc) is 3.54. The highest BCUT2D eigenvalue weighted by Gasteiger charge is 2.39. The molecule has 1 saturated carbocycles. The number of aryl methyl sites for hydroxylation is 1. The average molecular weight is 526 g/mol. The number of furan rings is 1. The van der Waals surface area contributed by atoms with Crippen molar-refractivity contribution in [3.8, 4) is 5.75 Å². The third kappa shape index (κ3) is 5.25. The number of rotatable bonds is 5. The Balaban J connectivity index is 1.65. The molecule has 0 saturated heterocycles. The maximum absolute atomic E-state index is 13.6. The van der Waals surface area contributed by atoms with Crippen molar-refractivity contribution in [1.82, 2.24) is 10.2 Å². The lowest BCUT2D eigenvalue weighted by Crippen LogP contribution is -2.39. The van der Waals surface area contributed by atoms with Crippen LogP contribution >= 0.6 is 0 Å². The highest BCUT2D eigenvalue weighted by molar-refractivity contribution is 7.83. The number of nitrogens with zero attached hydrogens (tertiary/aromatic N) is 3. The first kappa shape index (κ1) is 25.7. The minimum Gasteiger partial charge on any atom is -0.505 e. The molecule has 1 aromatic heterocycles. The van der Waals surface area contributed by atoms with Gasteiger partial charge in [0.15, 0.2) is 17.4 Å². The van der Waals surface area contributed by atoms with Crippen LogP contribution in [0.25, 0.3) is 0 Å². The van der Waals surface area contributed by atoms with Gasteiger partial charge in [-0.2, -0.15) is 13.2 Å². The van der Waals surface area contributed by atoms with Crippen LogP contribution in [0.2, 0.25) is 0 Å². The molecule has 194 valence electrons. The van der Waals surface area contributed by atoms with Gasteiger partial charge in [0.05, 0.1) is 22.9 Å². The fourth-order valence-corrected chi connectivity index (χ4v) is 5.04. The summed E-state index contributed by atoms with van der Waals surface area (Å²) in [5.41, 5.74) is -2.40. The lowest BCUT2D eigenvalue weighted by molar-refractivity contribution is -0.138. The number of phenolic OH excluding ortho intramolecular Hbond substituents is 1. The van der Waals surface area contributed by atoms with E-state index in [-0.39, 0.29) is 29.3 Å². The Kier molecular flexibility index (Phi) is 7.12. The van der Waals surface area contributed by atoms with Crippen molar-refractivity contribution in [2.24, 2.45) is 14.7 Å². The van der Waals surface area contributed by atoms with Gasteiger partial charge >= 0.3 is 6.18 Å². The van der Waals surface area contributed by atoms with Crippen molar-refractivity contribution < 1.29 is 31.7 Å². The van der Waals surface area contributed by atoms with Crippen LogP contribution in [0, 0.1) is 12.8 Å². The molecular formula is C23H26F3N5O4S. The third-order valence-corrected chi connectivity index (χ3v) is 6.83. The second kappa shape index (κ2) is 9.96. The fourth-order valence-electron chi connectivity index (χ4n) is 4.42. The molecule has 2 aliphatic rings. The highest BCUT2D eigenvalue weighted by Crippen LogP contribution is 2.40. The van der Waals surface area contributed by atoms with E-state index < -0.39 is 40.1 Å². The van der Waals surface area contributed by atoms with Gasteiger partial charge in [0.2, 0.25) is 0 Å². The van der Waals surface area contributed by atoms with Crippen molar-refractivity contribution in [2.75, 3.05) is 19.4 Å². The standard InChI is InChI=1S/C23H26F3N5O4S/c1-12-8-11-16(35-12)18(13-6-4-5-7-13)28-21-20(29-36(34)30-21)27-15-10-9-14(23(24,25)26)17(19(15)32)22(33)31(2)3/h8-11,13,18,32H,4-7H2,1-3H3,(H,27,29)(H,28,30)/t18-,36?/m1/s1. The zero-order valence-corrected chi connectivity index (χ0v) is 20.7. The Labute approximate surface area is 208 Å². The second-order valence-electron chi connectivity index (χ2n) is 8.93. The molecule has 0 spiro atoms. The van der Waals surface area contributed by atoms with Crippen LogP contribution in [0.15, 0.2) is 37.5 Å². The lowest BCUT2D eigenvalue weighted by Gasteiger charge is -2.24. The van der Waals surface area contributed by atoms with Crippen LogP contribution < -0.4 is 10.6 Å². The zero-order valence-electron chi connectivity index (χ0n) is 19.8. The molecule has 1 unspecified atom stereocenters. The summed E-state index contributed by atoms with van der Waals surface area (Å²) < 4.78 is 66.6. The number of anilines is 1. The highest BCUT2D eigenvalue weighted by atomic mass is 32.2. The maximum Gasteiger partial charge on any atom is 0.417 e. The number of hydrogen-bond donors (Lipinski definition) is 3. The van der Waals surface area contributed by atoms with Gasteiger partial charge in [-0.05, 0) is 49.9 Å². The van der Waals surface area contributed by atoms with Crippen LogP contribution in [-0.4, -0.2) is 45.9 Å². The van der Waals surface area contributed by atoms with Gasteiger partial charge in [0.1, 0.15) is 11.5 Å². The predicted molar refractivity (Wildman–Crippen MR) is 129 cm³/mol. The fraction of sp³-hybridized carbons (Fsp3) is 0.435. The van der Waals surface area contributed by atoms with E-state index in [2.05, 4.69) is 19.4 Å². The van der Waals surface area contributed by atoms with E-state index in [9.17, 15) is 27.3 Å². The normalized spacial score (nSPS) is 19.1. The molecule has 2 atom stereocenters. The van der Waals surface area contributed by atoms with E-state index in [1.165, 1.54) is 14.1 Å². The molecule has 1 amide bonds. The van der Waals surface area contributed by atoms with Crippen molar-refractivity contribution in [1.29, 1.82) is 0 Å². The number of aromatic hydroxyl groups is 1. The summed E-state index contributed by atoms with van der Waals surface area (Å²) in [6.45, 7) is 1.83. The molecule has 1 aromatic carbocycles. The summed E-state index contributed by atoms with van der Waals surface area (Å²) in [7, 11) is 2.56. The quantitative estimate of drug-likeness (QED) is 0.500. The summed E-state index contributed by atoms with van der Waals surface area (Å²) in [5, 5.41) is 16.6. The number of carbonyl (C=O) groups excluding carboxylic acids is 1. The van der Waals surface area contributed by atoms with E-state index in [4.69, 9.17) is 4.42 Å². The molecule has 1 fully saturated rings. The lowest BCUT2D eigenvalue weighted by atomic mass is 9.96. The van der Waals surface area contributed by atoms with E-state index in [0.29, 0.717) is 11.8 Å². The van der Waals surface area contributed by atoms with Crippen LogP contribution in [0.3, 0.4) is 0 Å². The molecule has 0 bridgehead atoms. The minimum absolute atomic E-state index is 0.0436. The monoisotopic (exact) mass is 525 g/mol. The van der Waals surface area contributed by atoms with E-state index >= 15 is 0 Å². The molecule has 9 nitrogen and oxygen atoms in total. The largest absolute Gasteiger partial charge is 0.505 e. The molecule has 2 heterocycles. The van der Waals surface area contributed by atoms with Crippen LogP contribution in [-0.2, 0) is 17.3 Å². The smallest absolute Gasteiger partial charge is 0.417 e. The van der Waals surface area contributed by atoms with Gasteiger partial charge in [0.25, 0.3) is 17.1 Å². The number of amidine groups is 2. The molecule has 36 heavy (non-hydrogen) atoms. The van der Waals surface area contributed by atoms with Crippen molar-refractivity contribution in [3.05, 3.63) is 46.9 Å². The maximum atomic E-state index is 13.6. The number of halogens is 3. The van der Waals surface area contributed by atoms with Crippen molar-refractivity contribution >= 4 is 34.4 Å². The Bertz CT molecular complexity index is 1250. The first-order chi connectivity index (χ1) is 17.0. The first-order valence-electron chi connectivity index (χ1n) is 11.3. The van der Waals surface area contributed by atoms with Gasteiger partial charge in [-0.25, -0.2) is 4.21 Å². The van der Waals surface area contributed by atoms with E-state index in [0.717, 1.165) is 42.4 Å². The zero-order chi connectivity index (χ0) is 26.2. The van der Waals surface area contributed by atoms with E-state index in [1.807, 2.05) is 19.1 Å². The predicted octanol–water partition coefficient (Wildman–Crippen LogP) is 4.34. The Morgan fingerprint density at radius 2 is 1.83 bits per heavy atom. The Morgan fingerprint density at radius 1 is 1.17 bits per heavy atom. The summed E-state index contributed by atoms with van der Waals surface area (Å²) >= 11 is -1.99. The summed E-state index contributed by atoms with van der Waals surface area (Å²) in [5.74, 6) is -0.240. The summed E-state index contributed by atoms with van der Waals surface area (Å²) in [6.07, 6.45) is -0.857. The van der Waals surface area contributed by atoms with Crippen molar-refractivity contribution in [3.63, 3.8) is 0 Å². The number of hydrogen-bond acceptors (Lipinski definition) is 6. The van der Waals surface area contributed by atoms with Gasteiger partial charge in [-0.3, -0.25) is 4.79 Å². The Hall–Kier alpha value is -3.35. The van der Waals surface area contributed by atoms with Crippen LogP contribution in [0.1, 0.15) is 59.2 Å². The van der Waals surface area contributed by atoms with E-state index in [1.54, 1.807) is 0 Å². The topological polar surface area (TPSA) is 120 Å².